The Morgan fingerprint density at radius 3 is 2.58 bits per heavy atom. The lowest BCUT2D eigenvalue weighted by atomic mass is 9.76. The zero-order chi connectivity index (χ0) is 17.3. The molecule has 5 nitrogen and oxygen atoms in total. The molecule has 1 N–H and O–H groups in total. The number of carbonyl (C=O) groups is 2. The fourth-order valence-electron chi connectivity index (χ4n) is 4.33. The minimum atomic E-state index is -0.116. The van der Waals surface area contributed by atoms with Crippen LogP contribution in [0.15, 0.2) is 24.3 Å². The van der Waals surface area contributed by atoms with Gasteiger partial charge in [-0.3, -0.25) is 14.5 Å². The predicted molar refractivity (Wildman–Crippen MR) is 92.8 cm³/mol. The van der Waals surface area contributed by atoms with Gasteiger partial charge in [-0.1, -0.05) is 19.1 Å². The molecule has 1 aromatic rings. The van der Waals surface area contributed by atoms with Gasteiger partial charge in [0.2, 0.25) is 5.91 Å². The molecule has 0 radical (unpaired) electrons. The topological polar surface area (TPSA) is 58.6 Å². The second kappa shape index (κ2) is 6.93. The van der Waals surface area contributed by atoms with E-state index in [1.54, 1.807) is 0 Å². The zero-order valence-electron chi connectivity index (χ0n) is 14.6. The van der Waals surface area contributed by atoms with Gasteiger partial charge in [-0.05, 0) is 44.0 Å². The molecular weight excluding hydrogens is 304 g/mol. The molecule has 0 saturated carbocycles. The second-order valence-electron chi connectivity index (χ2n) is 6.88. The van der Waals surface area contributed by atoms with Crippen LogP contribution in [-0.4, -0.2) is 43.0 Å². The summed E-state index contributed by atoms with van der Waals surface area (Å²) < 4.78 is 5.11. The maximum absolute atomic E-state index is 12.4. The van der Waals surface area contributed by atoms with E-state index in [0.29, 0.717) is 12.5 Å². The van der Waals surface area contributed by atoms with E-state index >= 15 is 0 Å². The van der Waals surface area contributed by atoms with Gasteiger partial charge in [-0.25, -0.2) is 0 Å². The lowest BCUT2D eigenvalue weighted by Gasteiger charge is -2.41. The minimum absolute atomic E-state index is 0.00697. The SMILES string of the molecule is CCC(=O)Nc1ccc([C@H]2C[C@H]3CCC(C2C(=O)OC)N3C)cc1. The van der Waals surface area contributed by atoms with E-state index in [4.69, 9.17) is 4.74 Å². The van der Waals surface area contributed by atoms with Crippen LogP contribution >= 0.6 is 0 Å². The first kappa shape index (κ1) is 17.0. The first-order valence-corrected chi connectivity index (χ1v) is 8.74. The number of amides is 1. The average Bonchev–Trinajstić information content (AvgIpc) is 2.84. The van der Waals surface area contributed by atoms with Crippen molar-refractivity contribution >= 4 is 17.6 Å². The van der Waals surface area contributed by atoms with Crippen molar-refractivity contribution in [3.63, 3.8) is 0 Å². The molecule has 2 heterocycles. The quantitative estimate of drug-likeness (QED) is 0.863. The molecule has 5 heteroatoms. The number of methoxy groups -OCH3 is 1. The van der Waals surface area contributed by atoms with Crippen LogP contribution in [0.25, 0.3) is 0 Å². The highest BCUT2D eigenvalue weighted by atomic mass is 16.5. The molecule has 2 fully saturated rings. The minimum Gasteiger partial charge on any atom is -0.469 e. The number of nitrogens with zero attached hydrogens (tertiary/aromatic N) is 1. The van der Waals surface area contributed by atoms with Crippen molar-refractivity contribution in [3.8, 4) is 0 Å². The smallest absolute Gasteiger partial charge is 0.310 e. The van der Waals surface area contributed by atoms with Crippen molar-refractivity contribution in [3.05, 3.63) is 29.8 Å². The number of anilines is 1. The maximum atomic E-state index is 12.4. The Morgan fingerprint density at radius 1 is 1.25 bits per heavy atom. The third kappa shape index (κ3) is 3.05. The van der Waals surface area contributed by atoms with E-state index in [-0.39, 0.29) is 29.8 Å². The molecule has 0 aliphatic carbocycles. The second-order valence-corrected chi connectivity index (χ2v) is 6.88. The van der Waals surface area contributed by atoms with Crippen LogP contribution in [0.2, 0.25) is 0 Å². The Morgan fingerprint density at radius 2 is 1.96 bits per heavy atom. The van der Waals surface area contributed by atoms with E-state index in [1.165, 1.54) is 7.11 Å². The molecule has 0 spiro atoms. The number of carbonyl (C=O) groups excluding carboxylic acids is 2. The van der Waals surface area contributed by atoms with Crippen LogP contribution in [0.5, 0.6) is 0 Å². The number of piperidine rings is 1. The Bertz CT molecular complexity index is 614. The number of rotatable bonds is 4. The standard InChI is InChI=1S/C19H26N2O3/c1-4-17(22)20-13-7-5-12(6-8-13)15-11-14-9-10-16(21(14)2)18(15)19(23)24-3/h5-8,14-16,18H,4,9-11H2,1-3H3,(H,20,22)/t14-,15-,16?,18?/m1/s1. The van der Waals surface area contributed by atoms with Gasteiger partial charge in [0, 0.05) is 30.1 Å². The molecule has 24 heavy (non-hydrogen) atoms. The lowest BCUT2D eigenvalue weighted by Crippen LogP contribution is -2.49. The van der Waals surface area contributed by atoms with E-state index in [1.807, 2.05) is 31.2 Å². The Hall–Kier alpha value is -1.88. The van der Waals surface area contributed by atoms with Crippen molar-refractivity contribution in [2.24, 2.45) is 5.92 Å². The summed E-state index contributed by atoms with van der Waals surface area (Å²) >= 11 is 0. The Labute approximate surface area is 143 Å². The van der Waals surface area contributed by atoms with Crippen LogP contribution in [0, 0.1) is 5.92 Å². The molecule has 3 rings (SSSR count). The Balaban J connectivity index is 1.83. The van der Waals surface area contributed by atoms with Crippen LogP contribution < -0.4 is 5.32 Å². The highest BCUT2D eigenvalue weighted by molar-refractivity contribution is 5.90. The number of benzene rings is 1. The largest absolute Gasteiger partial charge is 0.469 e. The summed E-state index contributed by atoms with van der Waals surface area (Å²) in [5, 5.41) is 2.87. The fraction of sp³-hybridized carbons (Fsp3) is 0.579. The summed E-state index contributed by atoms with van der Waals surface area (Å²) in [5.41, 5.74) is 1.96. The monoisotopic (exact) mass is 330 g/mol. The zero-order valence-corrected chi connectivity index (χ0v) is 14.6. The van der Waals surface area contributed by atoms with Gasteiger partial charge in [-0.15, -0.1) is 0 Å². The van der Waals surface area contributed by atoms with Gasteiger partial charge in [0.15, 0.2) is 0 Å². The van der Waals surface area contributed by atoms with E-state index < -0.39 is 0 Å². The first-order chi connectivity index (χ1) is 11.5. The summed E-state index contributed by atoms with van der Waals surface area (Å²) in [7, 11) is 3.60. The molecule has 2 bridgehead atoms. The average molecular weight is 330 g/mol. The maximum Gasteiger partial charge on any atom is 0.310 e. The number of hydrogen-bond donors (Lipinski definition) is 1. The molecular formula is C19H26N2O3. The van der Waals surface area contributed by atoms with Crippen molar-refractivity contribution < 1.29 is 14.3 Å². The van der Waals surface area contributed by atoms with Crippen LogP contribution in [0.3, 0.4) is 0 Å². The molecule has 2 aliphatic heterocycles. The van der Waals surface area contributed by atoms with Gasteiger partial charge in [0.1, 0.15) is 0 Å². The molecule has 2 saturated heterocycles. The highest BCUT2D eigenvalue weighted by Crippen LogP contribution is 2.46. The third-order valence-electron chi connectivity index (χ3n) is 5.69. The van der Waals surface area contributed by atoms with E-state index in [2.05, 4.69) is 17.3 Å². The van der Waals surface area contributed by atoms with Crippen molar-refractivity contribution in [1.29, 1.82) is 0 Å². The van der Waals surface area contributed by atoms with Gasteiger partial charge >= 0.3 is 5.97 Å². The van der Waals surface area contributed by atoms with Crippen LogP contribution in [0.4, 0.5) is 5.69 Å². The van der Waals surface area contributed by atoms with Crippen LogP contribution in [0.1, 0.15) is 44.1 Å². The van der Waals surface area contributed by atoms with Crippen molar-refractivity contribution in [1.82, 2.24) is 4.90 Å². The highest BCUT2D eigenvalue weighted by Gasteiger charge is 2.49. The summed E-state index contributed by atoms with van der Waals surface area (Å²) in [6.45, 7) is 1.83. The number of ether oxygens (including phenoxy) is 1. The van der Waals surface area contributed by atoms with Crippen molar-refractivity contribution in [2.75, 3.05) is 19.5 Å². The molecule has 4 atom stereocenters. The summed E-state index contributed by atoms with van der Waals surface area (Å²) in [6.07, 6.45) is 3.65. The summed E-state index contributed by atoms with van der Waals surface area (Å²) in [5.74, 6) is -0.0370. The summed E-state index contributed by atoms with van der Waals surface area (Å²) in [4.78, 5) is 26.3. The lowest BCUT2D eigenvalue weighted by molar-refractivity contribution is -0.150. The third-order valence-corrected chi connectivity index (χ3v) is 5.69. The number of nitrogens with one attached hydrogen (secondary N) is 1. The van der Waals surface area contributed by atoms with Gasteiger partial charge in [-0.2, -0.15) is 0 Å². The molecule has 130 valence electrons. The molecule has 1 aromatic carbocycles. The molecule has 2 unspecified atom stereocenters. The summed E-state index contributed by atoms with van der Waals surface area (Å²) in [6, 6.07) is 8.74. The van der Waals surface area contributed by atoms with Gasteiger partial charge < -0.3 is 10.1 Å². The molecule has 0 aromatic heterocycles. The number of esters is 1. The van der Waals surface area contributed by atoms with Crippen molar-refractivity contribution in [2.45, 2.75) is 50.6 Å². The molecule has 1 amide bonds. The van der Waals surface area contributed by atoms with Gasteiger partial charge in [0.25, 0.3) is 0 Å². The number of fused-ring (bicyclic) bond motifs is 2. The van der Waals surface area contributed by atoms with E-state index in [9.17, 15) is 9.59 Å². The number of hydrogen-bond acceptors (Lipinski definition) is 4. The first-order valence-electron chi connectivity index (χ1n) is 8.74. The van der Waals surface area contributed by atoms with Gasteiger partial charge in [0.05, 0.1) is 13.0 Å². The molecule has 2 aliphatic rings. The normalized spacial score (nSPS) is 29.3. The predicted octanol–water partition coefficient (Wildman–Crippen LogP) is 2.77. The Kier molecular flexibility index (Phi) is 4.90. The fourth-order valence-corrected chi connectivity index (χ4v) is 4.33. The van der Waals surface area contributed by atoms with Crippen LogP contribution in [-0.2, 0) is 14.3 Å². The van der Waals surface area contributed by atoms with E-state index in [0.717, 1.165) is 30.5 Å².